The first kappa shape index (κ1) is 19.9. The first-order valence-corrected chi connectivity index (χ1v) is 10.7. The molecule has 2 aromatic rings. The van der Waals surface area contributed by atoms with Crippen LogP contribution < -0.4 is 10.2 Å². The van der Waals surface area contributed by atoms with E-state index >= 15 is 0 Å². The lowest BCUT2D eigenvalue weighted by Gasteiger charge is -2.26. The van der Waals surface area contributed by atoms with Gasteiger partial charge < -0.3 is 19.9 Å². The van der Waals surface area contributed by atoms with Gasteiger partial charge in [0.25, 0.3) is 0 Å². The summed E-state index contributed by atoms with van der Waals surface area (Å²) in [5, 5.41) is 5.12. The molecule has 1 aromatic carbocycles. The first-order chi connectivity index (χ1) is 13.2. The number of rotatable bonds is 8. The Labute approximate surface area is 165 Å². The third-order valence-corrected chi connectivity index (χ3v) is 5.85. The Morgan fingerprint density at radius 2 is 2.00 bits per heavy atom. The van der Waals surface area contributed by atoms with E-state index in [1.54, 1.807) is 16.2 Å². The van der Waals surface area contributed by atoms with Crippen molar-refractivity contribution in [2.75, 3.05) is 44.7 Å². The van der Waals surface area contributed by atoms with Gasteiger partial charge in [0.1, 0.15) is 13.1 Å². The molecule has 1 aliphatic heterocycles. The molecule has 3 rings (SSSR count). The Morgan fingerprint density at radius 1 is 1.22 bits per heavy atom. The molecule has 0 aliphatic carbocycles. The summed E-state index contributed by atoms with van der Waals surface area (Å²) >= 11 is 1.70. The van der Waals surface area contributed by atoms with Gasteiger partial charge in [0.15, 0.2) is 0 Å². The van der Waals surface area contributed by atoms with Crippen molar-refractivity contribution < 1.29 is 14.4 Å². The minimum atomic E-state index is -0.0235. The van der Waals surface area contributed by atoms with Gasteiger partial charge in [0.05, 0.1) is 26.3 Å². The SMILES string of the molecule is CCc1ccc(NC(=O)N(CCC[NH+]2CCOCC2)Cc2cccs2)cc1. The number of quaternary nitrogens is 1. The number of anilines is 1. The monoisotopic (exact) mass is 388 g/mol. The molecule has 2 N–H and O–H groups in total. The van der Waals surface area contributed by atoms with E-state index in [1.165, 1.54) is 10.4 Å². The number of morpholine rings is 1. The number of hydrogen-bond donors (Lipinski definition) is 2. The lowest BCUT2D eigenvalue weighted by molar-refractivity contribution is -0.908. The van der Waals surface area contributed by atoms with Crippen molar-refractivity contribution >= 4 is 23.1 Å². The van der Waals surface area contributed by atoms with E-state index in [-0.39, 0.29) is 6.03 Å². The highest BCUT2D eigenvalue weighted by atomic mass is 32.1. The maximum atomic E-state index is 12.9. The number of carbonyl (C=O) groups is 1. The van der Waals surface area contributed by atoms with Crippen LogP contribution >= 0.6 is 11.3 Å². The number of ether oxygens (including phenoxy) is 1. The van der Waals surface area contributed by atoms with Crippen LogP contribution in [0.5, 0.6) is 0 Å². The van der Waals surface area contributed by atoms with E-state index in [1.807, 2.05) is 23.1 Å². The van der Waals surface area contributed by atoms with E-state index in [0.717, 1.165) is 57.9 Å². The minimum absolute atomic E-state index is 0.0235. The van der Waals surface area contributed by atoms with Crippen LogP contribution in [-0.4, -0.2) is 50.3 Å². The van der Waals surface area contributed by atoms with E-state index < -0.39 is 0 Å². The summed E-state index contributed by atoms with van der Waals surface area (Å²) in [5.41, 5.74) is 2.13. The van der Waals surface area contributed by atoms with Gasteiger partial charge in [-0.15, -0.1) is 11.3 Å². The fourth-order valence-corrected chi connectivity index (χ4v) is 4.02. The van der Waals surface area contributed by atoms with Crippen molar-refractivity contribution in [1.82, 2.24) is 4.90 Å². The summed E-state index contributed by atoms with van der Waals surface area (Å²) in [6, 6.07) is 12.2. The summed E-state index contributed by atoms with van der Waals surface area (Å²) in [4.78, 5) is 17.6. The molecule has 5 nitrogen and oxygen atoms in total. The lowest BCUT2D eigenvalue weighted by Crippen LogP contribution is -3.14. The predicted molar refractivity (Wildman–Crippen MR) is 111 cm³/mol. The van der Waals surface area contributed by atoms with Crippen molar-refractivity contribution in [1.29, 1.82) is 0 Å². The number of amides is 2. The third kappa shape index (κ3) is 6.34. The molecule has 1 saturated heterocycles. The van der Waals surface area contributed by atoms with Gasteiger partial charge in [-0.2, -0.15) is 0 Å². The maximum absolute atomic E-state index is 12.9. The highest BCUT2D eigenvalue weighted by Crippen LogP contribution is 2.15. The number of benzene rings is 1. The van der Waals surface area contributed by atoms with Crippen LogP contribution in [0.1, 0.15) is 23.8 Å². The molecule has 1 aliphatic rings. The molecule has 0 bridgehead atoms. The molecule has 2 heterocycles. The molecular formula is C21H30N3O2S+. The number of hydrogen-bond acceptors (Lipinski definition) is 3. The normalized spacial score (nSPS) is 14.9. The zero-order valence-corrected chi connectivity index (χ0v) is 16.9. The van der Waals surface area contributed by atoms with Crippen LogP contribution in [0.3, 0.4) is 0 Å². The van der Waals surface area contributed by atoms with Crippen LogP contribution in [0.4, 0.5) is 10.5 Å². The topological polar surface area (TPSA) is 46.0 Å². The average molecular weight is 389 g/mol. The van der Waals surface area contributed by atoms with Gasteiger partial charge in [-0.1, -0.05) is 25.1 Å². The lowest BCUT2D eigenvalue weighted by atomic mass is 10.1. The number of urea groups is 1. The molecule has 146 valence electrons. The fraction of sp³-hybridized carbons (Fsp3) is 0.476. The standard InChI is InChI=1S/C21H29N3O2S/c1-2-18-6-8-19(9-7-18)22-21(25)24(17-20-5-3-16-27-20)11-4-10-23-12-14-26-15-13-23/h3,5-9,16H,2,4,10-15,17H2,1H3,(H,22,25)/p+1. The van der Waals surface area contributed by atoms with Gasteiger partial charge in [0.2, 0.25) is 0 Å². The number of thiophene rings is 1. The second-order valence-corrected chi connectivity index (χ2v) is 7.98. The smallest absolute Gasteiger partial charge is 0.322 e. The molecule has 0 spiro atoms. The summed E-state index contributed by atoms with van der Waals surface area (Å²) in [7, 11) is 0. The van der Waals surface area contributed by atoms with Crippen LogP contribution in [0, 0.1) is 0 Å². The molecular weight excluding hydrogens is 358 g/mol. The van der Waals surface area contributed by atoms with E-state index in [0.29, 0.717) is 6.54 Å². The van der Waals surface area contributed by atoms with Gasteiger partial charge in [-0.3, -0.25) is 0 Å². The van der Waals surface area contributed by atoms with Crippen molar-refractivity contribution in [2.45, 2.75) is 26.3 Å². The summed E-state index contributed by atoms with van der Waals surface area (Å²) in [5.74, 6) is 0. The Balaban J connectivity index is 1.56. The third-order valence-electron chi connectivity index (χ3n) is 4.99. The Morgan fingerprint density at radius 3 is 2.67 bits per heavy atom. The van der Waals surface area contributed by atoms with Crippen molar-refractivity contribution in [3.05, 3.63) is 52.2 Å². The van der Waals surface area contributed by atoms with Crippen LogP contribution in [-0.2, 0) is 17.7 Å². The highest BCUT2D eigenvalue weighted by molar-refractivity contribution is 7.09. The number of nitrogens with one attached hydrogen (secondary N) is 2. The van der Waals surface area contributed by atoms with E-state index in [4.69, 9.17) is 4.74 Å². The van der Waals surface area contributed by atoms with Crippen molar-refractivity contribution in [3.8, 4) is 0 Å². The largest absolute Gasteiger partial charge is 0.370 e. The molecule has 27 heavy (non-hydrogen) atoms. The Hall–Kier alpha value is -1.89. The second kappa shape index (κ2) is 10.4. The van der Waals surface area contributed by atoms with Gasteiger partial charge in [0, 0.05) is 23.5 Å². The Kier molecular flexibility index (Phi) is 7.68. The number of nitrogens with zero attached hydrogens (tertiary/aromatic N) is 1. The second-order valence-electron chi connectivity index (χ2n) is 6.95. The van der Waals surface area contributed by atoms with Gasteiger partial charge in [-0.25, -0.2) is 4.79 Å². The first-order valence-electron chi connectivity index (χ1n) is 9.83. The summed E-state index contributed by atoms with van der Waals surface area (Å²) < 4.78 is 5.42. The van der Waals surface area contributed by atoms with Crippen LogP contribution in [0.15, 0.2) is 41.8 Å². The summed E-state index contributed by atoms with van der Waals surface area (Å²) in [6.07, 6.45) is 2.01. The predicted octanol–water partition coefficient (Wildman–Crippen LogP) is 2.65. The summed E-state index contributed by atoms with van der Waals surface area (Å²) in [6.45, 7) is 8.48. The molecule has 2 amide bonds. The molecule has 0 radical (unpaired) electrons. The highest BCUT2D eigenvalue weighted by Gasteiger charge is 2.18. The van der Waals surface area contributed by atoms with E-state index in [2.05, 4.69) is 35.8 Å². The van der Waals surface area contributed by atoms with Crippen LogP contribution in [0.25, 0.3) is 0 Å². The molecule has 0 atom stereocenters. The Bertz CT molecular complexity index is 682. The van der Waals surface area contributed by atoms with Gasteiger partial charge in [-0.05, 0) is 35.6 Å². The zero-order chi connectivity index (χ0) is 18.9. The van der Waals surface area contributed by atoms with Crippen molar-refractivity contribution in [2.24, 2.45) is 0 Å². The molecule has 0 unspecified atom stereocenters. The van der Waals surface area contributed by atoms with Crippen molar-refractivity contribution in [3.63, 3.8) is 0 Å². The number of carbonyl (C=O) groups excluding carboxylic acids is 1. The molecule has 0 saturated carbocycles. The molecule has 1 aromatic heterocycles. The van der Waals surface area contributed by atoms with Crippen LogP contribution in [0.2, 0.25) is 0 Å². The average Bonchev–Trinajstić information content (AvgIpc) is 3.22. The number of aryl methyl sites for hydroxylation is 1. The van der Waals surface area contributed by atoms with Gasteiger partial charge >= 0.3 is 6.03 Å². The molecule has 1 fully saturated rings. The zero-order valence-electron chi connectivity index (χ0n) is 16.1. The maximum Gasteiger partial charge on any atom is 0.322 e. The molecule has 6 heteroatoms. The fourth-order valence-electron chi connectivity index (χ4n) is 3.30. The van der Waals surface area contributed by atoms with E-state index in [9.17, 15) is 4.79 Å². The quantitative estimate of drug-likeness (QED) is 0.730. The minimum Gasteiger partial charge on any atom is -0.370 e.